The maximum atomic E-state index is 13.8. The van der Waals surface area contributed by atoms with Gasteiger partial charge in [-0.15, -0.1) is 0 Å². The van der Waals surface area contributed by atoms with Gasteiger partial charge in [0.1, 0.15) is 0 Å². The third-order valence-corrected chi connectivity index (χ3v) is 8.96. The SMILES string of the molecule is CC1CC(C)CN(C(=O)c2ccc3c(c2)N(Cc2ccc(Cl)cc2)C(=O)c2ccccc2S3(=O)=O)C1. The zero-order valence-corrected chi connectivity index (χ0v) is 21.7. The first-order valence-electron chi connectivity index (χ1n) is 12.0. The van der Waals surface area contributed by atoms with Gasteiger partial charge < -0.3 is 9.80 Å². The Hall–Kier alpha value is -3.16. The molecule has 2 aliphatic heterocycles. The van der Waals surface area contributed by atoms with Crippen LogP contribution in [-0.4, -0.2) is 38.2 Å². The van der Waals surface area contributed by atoms with Gasteiger partial charge in [-0.25, -0.2) is 8.42 Å². The van der Waals surface area contributed by atoms with Gasteiger partial charge in [-0.2, -0.15) is 0 Å². The molecule has 2 heterocycles. The molecule has 186 valence electrons. The lowest BCUT2D eigenvalue weighted by atomic mass is 9.91. The second-order valence-corrected chi connectivity index (χ2v) is 12.2. The number of hydrogen-bond acceptors (Lipinski definition) is 4. The maximum absolute atomic E-state index is 13.8. The van der Waals surface area contributed by atoms with Crippen LogP contribution < -0.4 is 4.90 Å². The number of fused-ring (bicyclic) bond motifs is 2. The van der Waals surface area contributed by atoms with E-state index in [4.69, 9.17) is 11.6 Å². The highest BCUT2D eigenvalue weighted by Gasteiger charge is 2.36. The quantitative estimate of drug-likeness (QED) is 0.458. The van der Waals surface area contributed by atoms with Gasteiger partial charge in [0.25, 0.3) is 11.8 Å². The van der Waals surface area contributed by atoms with Crippen molar-refractivity contribution in [1.29, 1.82) is 0 Å². The molecule has 0 aromatic heterocycles. The van der Waals surface area contributed by atoms with Crippen LogP contribution in [0.1, 0.15) is 46.5 Å². The van der Waals surface area contributed by atoms with Gasteiger partial charge >= 0.3 is 0 Å². The molecule has 0 N–H and O–H groups in total. The number of anilines is 1. The Labute approximate surface area is 216 Å². The van der Waals surface area contributed by atoms with Crippen molar-refractivity contribution >= 4 is 38.9 Å². The molecular formula is C28H27ClN2O4S. The molecule has 0 spiro atoms. The molecule has 2 aliphatic rings. The van der Waals surface area contributed by atoms with Crippen molar-refractivity contribution in [2.75, 3.05) is 18.0 Å². The Kier molecular flexibility index (Phi) is 6.39. The summed E-state index contributed by atoms with van der Waals surface area (Å²) in [6, 6.07) is 17.8. The third-order valence-electron chi connectivity index (χ3n) is 6.85. The molecule has 0 bridgehead atoms. The third kappa shape index (κ3) is 4.42. The van der Waals surface area contributed by atoms with E-state index in [1.165, 1.54) is 23.1 Å². The summed E-state index contributed by atoms with van der Waals surface area (Å²) in [7, 11) is -4.00. The molecule has 3 aromatic rings. The molecule has 6 nitrogen and oxygen atoms in total. The summed E-state index contributed by atoms with van der Waals surface area (Å²) in [6.07, 6.45) is 1.06. The molecule has 1 saturated heterocycles. The number of hydrogen-bond donors (Lipinski definition) is 0. The minimum Gasteiger partial charge on any atom is -0.338 e. The van der Waals surface area contributed by atoms with Crippen LogP contribution in [0.3, 0.4) is 0 Å². The van der Waals surface area contributed by atoms with Crippen molar-refractivity contribution in [2.24, 2.45) is 11.8 Å². The van der Waals surface area contributed by atoms with Gasteiger partial charge in [0, 0.05) is 23.7 Å². The predicted molar refractivity (Wildman–Crippen MR) is 139 cm³/mol. The number of sulfone groups is 1. The van der Waals surface area contributed by atoms with E-state index < -0.39 is 15.7 Å². The first kappa shape index (κ1) is 24.5. The summed E-state index contributed by atoms with van der Waals surface area (Å²) < 4.78 is 27.4. The van der Waals surface area contributed by atoms with Gasteiger partial charge in [-0.05, 0) is 66.3 Å². The maximum Gasteiger partial charge on any atom is 0.259 e. The smallest absolute Gasteiger partial charge is 0.259 e. The van der Waals surface area contributed by atoms with Crippen LogP contribution in [0.4, 0.5) is 5.69 Å². The fraction of sp³-hybridized carbons (Fsp3) is 0.286. The molecule has 36 heavy (non-hydrogen) atoms. The van der Waals surface area contributed by atoms with E-state index in [1.807, 2.05) is 4.90 Å². The van der Waals surface area contributed by atoms with Gasteiger partial charge in [0.2, 0.25) is 9.84 Å². The molecule has 3 aromatic carbocycles. The molecule has 0 aliphatic carbocycles. The average molecular weight is 523 g/mol. The molecule has 5 rings (SSSR count). The fourth-order valence-corrected chi connectivity index (χ4v) is 7.04. The molecular weight excluding hydrogens is 496 g/mol. The number of carbonyl (C=O) groups is 2. The van der Waals surface area contributed by atoms with Crippen molar-refractivity contribution in [2.45, 2.75) is 36.6 Å². The molecule has 0 saturated carbocycles. The number of likely N-dealkylation sites (tertiary alicyclic amines) is 1. The molecule has 8 heteroatoms. The monoisotopic (exact) mass is 522 g/mol. The Morgan fingerprint density at radius 3 is 2.31 bits per heavy atom. The van der Waals surface area contributed by atoms with Gasteiger partial charge in [-0.1, -0.05) is 49.7 Å². The predicted octanol–water partition coefficient (Wildman–Crippen LogP) is 5.45. The topological polar surface area (TPSA) is 74.8 Å². The van der Waals surface area contributed by atoms with E-state index in [1.54, 1.807) is 48.5 Å². The highest BCUT2D eigenvalue weighted by molar-refractivity contribution is 7.91. The summed E-state index contributed by atoms with van der Waals surface area (Å²) in [5, 5.41) is 0.562. The van der Waals surface area contributed by atoms with Crippen LogP contribution >= 0.6 is 11.6 Å². The zero-order chi connectivity index (χ0) is 25.6. The van der Waals surface area contributed by atoms with Crippen LogP contribution in [0.25, 0.3) is 0 Å². The average Bonchev–Trinajstić information content (AvgIpc) is 2.92. The normalized spacial score (nSPS) is 20.9. The largest absolute Gasteiger partial charge is 0.338 e. The highest BCUT2D eigenvalue weighted by Crippen LogP contribution is 2.38. The highest BCUT2D eigenvalue weighted by atomic mass is 35.5. The first-order valence-corrected chi connectivity index (χ1v) is 13.8. The number of rotatable bonds is 3. The van der Waals surface area contributed by atoms with E-state index in [0.29, 0.717) is 35.5 Å². The van der Waals surface area contributed by atoms with Crippen LogP contribution in [0.15, 0.2) is 76.5 Å². The molecule has 2 unspecified atom stereocenters. The van der Waals surface area contributed by atoms with Crippen molar-refractivity contribution in [3.8, 4) is 0 Å². The molecule has 2 amide bonds. The second kappa shape index (κ2) is 9.37. The number of nitrogens with zero attached hydrogens (tertiary/aromatic N) is 2. The summed E-state index contributed by atoms with van der Waals surface area (Å²) in [5.74, 6) is 0.176. The molecule has 0 radical (unpaired) electrons. The number of amides is 2. The lowest BCUT2D eigenvalue weighted by Gasteiger charge is -2.35. The van der Waals surface area contributed by atoms with Crippen LogP contribution in [-0.2, 0) is 16.4 Å². The van der Waals surface area contributed by atoms with Crippen molar-refractivity contribution in [3.63, 3.8) is 0 Å². The fourth-order valence-electron chi connectivity index (χ4n) is 5.28. The van der Waals surface area contributed by atoms with Gasteiger partial charge in [0.05, 0.1) is 27.6 Å². The van der Waals surface area contributed by atoms with E-state index in [0.717, 1.165) is 12.0 Å². The van der Waals surface area contributed by atoms with Crippen LogP contribution in [0.2, 0.25) is 5.02 Å². The van der Waals surface area contributed by atoms with Gasteiger partial charge in [0.15, 0.2) is 0 Å². The van der Waals surface area contributed by atoms with Crippen LogP contribution in [0, 0.1) is 11.8 Å². The Morgan fingerprint density at radius 2 is 1.61 bits per heavy atom. The summed E-state index contributed by atoms with van der Waals surface area (Å²) in [5.41, 5.74) is 1.46. The standard InChI is InChI=1S/C28H27ClN2O4S/c1-18-13-19(2)16-30(15-18)27(32)21-9-12-26-24(14-21)31(17-20-7-10-22(29)11-8-20)28(33)23-5-3-4-6-25(23)36(26,34)35/h3-12,14,18-19H,13,15-17H2,1-2H3. The zero-order valence-electron chi connectivity index (χ0n) is 20.1. The summed E-state index contributed by atoms with van der Waals surface area (Å²) >= 11 is 6.04. The van der Waals surface area contributed by atoms with E-state index in [9.17, 15) is 18.0 Å². The van der Waals surface area contributed by atoms with E-state index in [2.05, 4.69) is 13.8 Å². The Bertz CT molecular complexity index is 1440. The van der Waals surface area contributed by atoms with Crippen LogP contribution in [0.5, 0.6) is 0 Å². The number of benzene rings is 3. The minimum absolute atomic E-state index is 0.00620. The first-order chi connectivity index (χ1) is 17.1. The Morgan fingerprint density at radius 1 is 0.944 bits per heavy atom. The number of carbonyl (C=O) groups excluding carboxylic acids is 2. The van der Waals surface area contributed by atoms with E-state index in [-0.39, 0.29) is 33.5 Å². The summed E-state index contributed by atoms with van der Waals surface area (Å²) in [4.78, 5) is 30.5. The molecule has 1 fully saturated rings. The van der Waals surface area contributed by atoms with Crippen molar-refractivity contribution in [1.82, 2.24) is 4.90 Å². The lowest BCUT2D eigenvalue weighted by Crippen LogP contribution is -2.42. The number of halogens is 1. The van der Waals surface area contributed by atoms with Crippen molar-refractivity contribution < 1.29 is 18.0 Å². The molecule has 2 atom stereocenters. The van der Waals surface area contributed by atoms with E-state index >= 15 is 0 Å². The van der Waals surface area contributed by atoms with Gasteiger partial charge in [-0.3, -0.25) is 9.59 Å². The summed E-state index contributed by atoms with van der Waals surface area (Å²) in [6.45, 7) is 5.68. The Balaban J connectivity index is 1.64. The number of piperidine rings is 1. The van der Waals surface area contributed by atoms with Crippen molar-refractivity contribution in [3.05, 3.63) is 88.4 Å². The lowest BCUT2D eigenvalue weighted by molar-refractivity contribution is 0.0623. The minimum atomic E-state index is -4.00. The second-order valence-electron chi connectivity index (χ2n) is 9.86.